The molecule has 0 spiro atoms. The first-order chi connectivity index (χ1) is 8.63. The van der Waals surface area contributed by atoms with Crippen molar-refractivity contribution in [2.24, 2.45) is 5.92 Å². The molecule has 98 valence electrons. The summed E-state index contributed by atoms with van der Waals surface area (Å²) in [5, 5.41) is 9.03. The Labute approximate surface area is 107 Å². The van der Waals surface area contributed by atoms with Crippen molar-refractivity contribution >= 4 is 5.97 Å². The van der Waals surface area contributed by atoms with Crippen LogP contribution in [0.1, 0.15) is 24.9 Å². The highest BCUT2D eigenvalue weighted by atomic mass is 16.5. The Morgan fingerprint density at radius 3 is 2.83 bits per heavy atom. The van der Waals surface area contributed by atoms with Crippen molar-refractivity contribution in [2.75, 3.05) is 20.2 Å². The first-order valence-electron chi connectivity index (χ1n) is 6.23. The number of aliphatic carboxylic acids is 1. The molecule has 2 atom stereocenters. The molecule has 4 nitrogen and oxygen atoms in total. The van der Waals surface area contributed by atoms with Crippen molar-refractivity contribution in [3.05, 3.63) is 29.8 Å². The molecule has 0 radical (unpaired) electrons. The smallest absolute Gasteiger partial charge is 0.307 e. The third kappa shape index (κ3) is 2.48. The van der Waals surface area contributed by atoms with Gasteiger partial charge in [0.05, 0.1) is 13.0 Å². The zero-order valence-electron chi connectivity index (χ0n) is 10.8. The van der Waals surface area contributed by atoms with Gasteiger partial charge in [0.25, 0.3) is 0 Å². The highest BCUT2D eigenvalue weighted by Gasteiger charge is 2.31. The predicted octanol–water partition coefficient (Wildman–Crippen LogP) is 2.16. The van der Waals surface area contributed by atoms with Gasteiger partial charge in [0, 0.05) is 18.2 Å². The second kappa shape index (κ2) is 5.40. The number of methoxy groups -OCH3 is 1. The number of ether oxygens (including phenoxy) is 1. The molecule has 0 saturated carbocycles. The minimum absolute atomic E-state index is 0.186. The Hall–Kier alpha value is -1.55. The normalized spacial score (nSPS) is 21.8. The van der Waals surface area contributed by atoms with Gasteiger partial charge in [-0.1, -0.05) is 18.2 Å². The number of carbonyl (C=O) groups is 1. The van der Waals surface area contributed by atoms with E-state index >= 15 is 0 Å². The maximum Gasteiger partial charge on any atom is 0.307 e. The molecule has 0 amide bonds. The molecule has 18 heavy (non-hydrogen) atoms. The van der Waals surface area contributed by atoms with Crippen molar-refractivity contribution in [1.29, 1.82) is 0 Å². The molecule has 0 aromatic heterocycles. The number of benzene rings is 1. The third-order valence-electron chi connectivity index (χ3n) is 3.71. The molecule has 1 aromatic rings. The van der Waals surface area contributed by atoms with Crippen molar-refractivity contribution in [3.8, 4) is 5.75 Å². The van der Waals surface area contributed by atoms with Gasteiger partial charge in [0.15, 0.2) is 0 Å². The number of carboxylic acids is 1. The summed E-state index contributed by atoms with van der Waals surface area (Å²) in [6, 6.07) is 8.09. The molecule has 1 aliphatic heterocycles. The molecule has 1 aromatic carbocycles. The fourth-order valence-corrected chi connectivity index (χ4v) is 2.55. The van der Waals surface area contributed by atoms with E-state index < -0.39 is 5.97 Å². The van der Waals surface area contributed by atoms with Gasteiger partial charge in [-0.15, -0.1) is 0 Å². The largest absolute Gasteiger partial charge is 0.496 e. The van der Waals surface area contributed by atoms with Gasteiger partial charge in [-0.05, 0) is 26.0 Å². The number of likely N-dealkylation sites (tertiary alicyclic amines) is 1. The summed E-state index contributed by atoms with van der Waals surface area (Å²) in [4.78, 5) is 13.2. The van der Waals surface area contributed by atoms with E-state index in [0.29, 0.717) is 6.54 Å². The Morgan fingerprint density at radius 2 is 2.22 bits per heavy atom. The standard InChI is InChI=1S/C14H19NO3/c1-10(12-5-3-4-6-13(12)18-2)15-8-7-11(9-15)14(16)17/h3-6,10-11H,7-9H2,1-2H3,(H,16,17). The number of nitrogens with zero attached hydrogens (tertiary/aromatic N) is 1. The maximum absolute atomic E-state index is 11.0. The van der Waals surface area contributed by atoms with Gasteiger partial charge in [-0.25, -0.2) is 0 Å². The van der Waals surface area contributed by atoms with Crippen molar-refractivity contribution in [1.82, 2.24) is 4.90 Å². The summed E-state index contributed by atoms with van der Waals surface area (Å²) >= 11 is 0. The highest BCUT2D eigenvalue weighted by Crippen LogP contribution is 2.32. The van der Waals surface area contributed by atoms with E-state index in [2.05, 4.69) is 11.8 Å². The second-order valence-electron chi connectivity index (χ2n) is 4.74. The molecule has 1 aliphatic rings. The van der Waals surface area contributed by atoms with Crippen LogP contribution in [0.25, 0.3) is 0 Å². The van der Waals surface area contributed by atoms with Gasteiger partial charge < -0.3 is 9.84 Å². The fraction of sp³-hybridized carbons (Fsp3) is 0.500. The summed E-state index contributed by atoms with van der Waals surface area (Å²) in [5.74, 6) is -0.0596. The Kier molecular flexibility index (Phi) is 3.87. The molecule has 0 bridgehead atoms. The molecule has 2 rings (SSSR count). The van der Waals surface area contributed by atoms with Crippen LogP contribution in [-0.2, 0) is 4.79 Å². The number of carboxylic acid groups (broad SMARTS) is 1. The van der Waals surface area contributed by atoms with Gasteiger partial charge >= 0.3 is 5.97 Å². The molecule has 2 unspecified atom stereocenters. The van der Waals surface area contributed by atoms with Crippen molar-refractivity contribution in [3.63, 3.8) is 0 Å². The van der Waals surface area contributed by atoms with E-state index in [1.54, 1.807) is 7.11 Å². The summed E-state index contributed by atoms with van der Waals surface area (Å²) in [6.07, 6.45) is 0.731. The third-order valence-corrected chi connectivity index (χ3v) is 3.71. The predicted molar refractivity (Wildman–Crippen MR) is 68.7 cm³/mol. The molecule has 1 saturated heterocycles. The number of hydrogen-bond donors (Lipinski definition) is 1. The molecular formula is C14H19NO3. The minimum Gasteiger partial charge on any atom is -0.496 e. The zero-order valence-corrected chi connectivity index (χ0v) is 10.8. The summed E-state index contributed by atoms with van der Waals surface area (Å²) in [5.41, 5.74) is 1.12. The lowest BCUT2D eigenvalue weighted by Gasteiger charge is -2.25. The lowest BCUT2D eigenvalue weighted by molar-refractivity contribution is -0.141. The molecule has 4 heteroatoms. The van der Waals surface area contributed by atoms with Crippen molar-refractivity contribution < 1.29 is 14.6 Å². The van der Waals surface area contributed by atoms with Crippen LogP contribution in [0.5, 0.6) is 5.75 Å². The lowest BCUT2D eigenvalue weighted by atomic mass is 10.1. The summed E-state index contributed by atoms with van der Waals surface area (Å²) in [7, 11) is 1.66. The Balaban J connectivity index is 2.12. The van der Waals surface area contributed by atoms with Crippen LogP contribution in [0.15, 0.2) is 24.3 Å². The molecule has 1 fully saturated rings. The average molecular weight is 249 g/mol. The van der Waals surface area contributed by atoms with Crippen LogP contribution in [0.2, 0.25) is 0 Å². The molecular weight excluding hydrogens is 230 g/mol. The van der Waals surface area contributed by atoms with E-state index in [-0.39, 0.29) is 12.0 Å². The quantitative estimate of drug-likeness (QED) is 0.888. The van der Waals surface area contributed by atoms with Gasteiger partial charge in [-0.2, -0.15) is 0 Å². The number of para-hydroxylation sites is 1. The van der Waals surface area contributed by atoms with Crippen LogP contribution < -0.4 is 4.74 Å². The summed E-state index contributed by atoms with van der Waals surface area (Å²) in [6.45, 7) is 3.55. The van der Waals surface area contributed by atoms with E-state index in [4.69, 9.17) is 9.84 Å². The zero-order chi connectivity index (χ0) is 13.1. The van der Waals surface area contributed by atoms with Crippen LogP contribution in [-0.4, -0.2) is 36.2 Å². The van der Waals surface area contributed by atoms with Crippen LogP contribution >= 0.6 is 0 Å². The lowest BCUT2D eigenvalue weighted by Crippen LogP contribution is -2.26. The van der Waals surface area contributed by atoms with Gasteiger partial charge in [-0.3, -0.25) is 9.69 Å². The van der Waals surface area contributed by atoms with E-state index in [1.165, 1.54) is 0 Å². The fourth-order valence-electron chi connectivity index (χ4n) is 2.55. The Bertz CT molecular complexity index is 433. The van der Waals surface area contributed by atoms with E-state index in [1.807, 2.05) is 24.3 Å². The van der Waals surface area contributed by atoms with E-state index in [0.717, 1.165) is 24.3 Å². The van der Waals surface area contributed by atoms with Crippen LogP contribution in [0.3, 0.4) is 0 Å². The average Bonchev–Trinajstić information content (AvgIpc) is 2.87. The first-order valence-corrected chi connectivity index (χ1v) is 6.23. The number of hydrogen-bond acceptors (Lipinski definition) is 3. The van der Waals surface area contributed by atoms with Crippen molar-refractivity contribution in [2.45, 2.75) is 19.4 Å². The SMILES string of the molecule is COc1ccccc1C(C)N1CCC(C(=O)O)C1. The molecule has 0 aliphatic carbocycles. The minimum atomic E-state index is -0.690. The first kappa shape index (κ1) is 12.9. The molecule has 1 N–H and O–H groups in total. The number of rotatable bonds is 4. The van der Waals surface area contributed by atoms with Crippen LogP contribution in [0, 0.1) is 5.92 Å². The molecule has 1 heterocycles. The van der Waals surface area contributed by atoms with Gasteiger partial charge in [0.2, 0.25) is 0 Å². The monoisotopic (exact) mass is 249 g/mol. The van der Waals surface area contributed by atoms with Crippen LogP contribution in [0.4, 0.5) is 0 Å². The maximum atomic E-state index is 11.0. The second-order valence-corrected chi connectivity index (χ2v) is 4.74. The highest BCUT2D eigenvalue weighted by molar-refractivity contribution is 5.70. The van der Waals surface area contributed by atoms with E-state index in [9.17, 15) is 4.79 Å². The summed E-state index contributed by atoms with van der Waals surface area (Å²) < 4.78 is 5.36. The Morgan fingerprint density at radius 1 is 1.50 bits per heavy atom. The topological polar surface area (TPSA) is 49.8 Å². The van der Waals surface area contributed by atoms with Gasteiger partial charge in [0.1, 0.15) is 5.75 Å².